The van der Waals surface area contributed by atoms with Gasteiger partial charge < -0.3 is 19.3 Å². The van der Waals surface area contributed by atoms with E-state index in [0.717, 1.165) is 5.69 Å². The Morgan fingerprint density at radius 1 is 1.21 bits per heavy atom. The molecule has 1 spiro atoms. The van der Waals surface area contributed by atoms with Crippen molar-refractivity contribution in [3.05, 3.63) is 47.8 Å². The Kier molecular flexibility index (Phi) is 5.28. The minimum Gasteiger partial charge on any atom is -0.347 e. The molecule has 0 saturated carbocycles. The summed E-state index contributed by atoms with van der Waals surface area (Å²) in [6.45, 7) is 7.29. The molecule has 0 unspecified atom stereocenters. The highest BCUT2D eigenvalue weighted by molar-refractivity contribution is 5.92. The Balaban J connectivity index is 1.51. The van der Waals surface area contributed by atoms with Gasteiger partial charge in [0.1, 0.15) is 5.69 Å². The predicted octanol–water partition coefficient (Wildman–Crippen LogP) is 2.92. The lowest BCUT2D eigenvalue weighted by molar-refractivity contribution is -0.181. The molecule has 1 aromatic carbocycles. The summed E-state index contributed by atoms with van der Waals surface area (Å²) < 4.78 is 11.5. The lowest BCUT2D eigenvalue weighted by Crippen LogP contribution is -2.47. The van der Waals surface area contributed by atoms with Crippen LogP contribution in [0.4, 0.5) is 11.6 Å². The fraction of sp³-hybridized carbons (Fsp3) is 0.476. The molecule has 7 heteroatoms. The van der Waals surface area contributed by atoms with E-state index in [-0.39, 0.29) is 5.91 Å². The highest BCUT2D eigenvalue weighted by Crippen LogP contribution is 2.31. The number of carbonyl (C=O) groups is 1. The molecular weight excluding hydrogens is 356 g/mol. The van der Waals surface area contributed by atoms with Crippen LogP contribution in [0, 0.1) is 6.92 Å². The fourth-order valence-electron chi connectivity index (χ4n) is 3.83. The van der Waals surface area contributed by atoms with E-state index in [4.69, 9.17) is 9.47 Å². The molecule has 3 heterocycles. The van der Waals surface area contributed by atoms with Crippen molar-refractivity contribution in [1.29, 1.82) is 0 Å². The second-order valence-electron chi connectivity index (χ2n) is 7.22. The van der Waals surface area contributed by atoms with Gasteiger partial charge in [-0.05, 0) is 37.6 Å². The quantitative estimate of drug-likeness (QED) is 0.810. The largest absolute Gasteiger partial charge is 0.347 e. The van der Waals surface area contributed by atoms with Crippen LogP contribution in [0.5, 0.6) is 0 Å². The molecule has 0 aliphatic carbocycles. The summed E-state index contributed by atoms with van der Waals surface area (Å²) in [5.74, 6) is -0.0238. The number of rotatable bonds is 4. The maximum atomic E-state index is 13.0. The molecule has 2 aromatic rings. The Morgan fingerprint density at radius 3 is 2.64 bits per heavy atom. The Labute approximate surface area is 165 Å². The van der Waals surface area contributed by atoms with Crippen LogP contribution < -0.4 is 4.90 Å². The normalized spacial score (nSPS) is 18.4. The molecule has 0 atom stereocenters. The maximum Gasteiger partial charge on any atom is 0.272 e. The number of amides is 1. The third-order valence-electron chi connectivity index (χ3n) is 5.36. The Morgan fingerprint density at radius 2 is 1.96 bits per heavy atom. The zero-order chi connectivity index (χ0) is 19.6. The van der Waals surface area contributed by atoms with Gasteiger partial charge in [0.25, 0.3) is 5.91 Å². The lowest BCUT2D eigenvalue weighted by Gasteiger charge is -2.37. The van der Waals surface area contributed by atoms with Gasteiger partial charge in [-0.3, -0.25) is 4.79 Å². The average molecular weight is 382 g/mol. The van der Waals surface area contributed by atoms with Gasteiger partial charge >= 0.3 is 0 Å². The standard InChI is InChI=1S/C21H26N4O3/c1-3-25(17-6-4-5-16(2)15-17)20-22-10-7-18(23-20)19(26)24-11-8-21(9-12-24)27-13-14-28-21/h4-7,10,15H,3,8-9,11-14H2,1-2H3. The van der Waals surface area contributed by atoms with Crippen molar-refractivity contribution >= 4 is 17.5 Å². The number of anilines is 2. The number of carbonyl (C=O) groups excluding carboxylic acids is 1. The predicted molar refractivity (Wildman–Crippen MR) is 106 cm³/mol. The van der Waals surface area contributed by atoms with Gasteiger partial charge in [-0.1, -0.05) is 12.1 Å². The summed E-state index contributed by atoms with van der Waals surface area (Å²) in [7, 11) is 0. The minimum absolute atomic E-state index is 0.0724. The number of hydrogen-bond donors (Lipinski definition) is 0. The molecule has 0 bridgehead atoms. The van der Waals surface area contributed by atoms with Crippen LogP contribution in [-0.4, -0.2) is 59.4 Å². The van der Waals surface area contributed by atoms with E-state index in [9.17, 15) is 4.79 Å². The third-order valence-corrected chi connectivity index (χ3v) is 5.36. The van der Waals surface area contributed by atoms with Gasteiger partial charge in [0, 0.05) is 44.4 Å². The number of aryl methyl sites for hydroxylation is 1. The topological polar surface area (TPSA) is 67.8 Å². The zero-order valence-electron chi connectivity index (χ0n) is 16.4. The molecule has 1 amide bonds. The number of benzene rings is 1. The molecular formula is C21H26N4O3. The van der Waals surface area contributed by atoms with Gasteiger partial charge in [-0.15, -0.1) is 0 Å². The van der Waals surface area contributed by atoms with Gasteiger partial charge in [0.15, 0.2) is 5.79 Å². The molecule has 2 aliphatic heterocycles. The molecule has 1 aromatic heterocycles. The van der Waals surface area contributed by atoms with E-state index in [0.29, 0.717) is 57.3 Å². The number of piperidine rings is 1. The molecule has 4 rings (SSSR count). The summed E-state index contributed by atoms with van der Waals surface area (Å²) in [5.41, 5.74) is 2.60. The van der Waals surface area contributed by atoms with E-state index in [1.165, 1.54) is 5.56 Å². The summed E-state index contributed by atoms with van der Waals surface area (Å²) in [4.78, 5) is 25.8. The molecule has 2 saturated heterocycles. The van der Waals surface area contributed by atoms with Crippen LogP contribution in [-0.2, 0) is 9.47 Å². The minimum atomic E-state index is -0.488. The molecule has 7 nitrogen and oxygen atoms in total. The van der Waals surface area contributed by atoms with Crippen LogP contribution in [0.15, 0.2) is 36.5 Å². The van der Waals surface area contributed by atoms with Crippen LogP contribution >= 0.6 is 0 Å². The van der Waals surface area contributed by atoms with Crippen LogP contribution in [0.25, 0.3) is 0 Å². The number of aromatic nitrogens is 2. The van der Waals surface area contributed by atoms with Crippen LogP contribution in [0.1, 0.15) is 35.8 Å². The van der Waals surface area contributed by atoms with Crippen molar-refractivity contribution < 1.29 is 14.3 Å². The van der Waals surface area contributed by atoms with E-state index in [1.807, 2.05) is 28.9 Å². The third kappa shape index (κ3) is 3.72. The summed E-state index contributed by atoms with van der Waals surface area (Å²) in [5, 5.41) is 0. The highest BCUT2D eigenvalue weighted by atomic mass is 16.7. The maximum absolute atomic E-state index is 13.0. The number of likely N-dealkylation sites (tertiary alicyclic amines) is 1. The SMILES string of the molecule is CCN(c1cccc(C)c1)c1nccc(C(=O)N2CCC3(CC2)OCCO3)n1. The van der Waals surface area contributed by atoms with Crippen molar-refractivity contribution in [2.75, 3.05) is 37.7 Å². The van der Waals surface area contributed by atoms with Crippen molar-refractivity contribution in [3.8, 4) is 0 Å². The molecule has 2 fully saturated rings. The first-order valence-electron chi connectivity index (χ1n) is 9.85. The second-order valence-corrected chi connectivity index (χ2v) is 7.22. The van der Waals surface area contributed by atoms with Crippen molar-refractivity contribution in [1.82, 2.24) is 14.9 Å². The Hall–Kier alpha value is -2.51. The smallest absolute Gasteiger partial charge is 0.272 e. The van der Waals surface area contributed by atoms with Gasteiger partial charge in [0.2, 0.25) is 5.95 Å². The van der Waals surface area contributed by atoms with Crippen LogP contribution in [0.2, 0.25) is 0 Å². The van der Waals surface area contributed by atoms with Crippen molar-refractivity contribution in [2.24, 2.45) is 0 Å². The lowest BCUT2D eigenvalue weighted by atomic mass is 10.0. The van der Waals surface area contributed by atoms with E-state index in [2.05, 4.69) is 29.0 Å². The zero-order valence-corrected chi connectivity index (χ0v) is 16.4. The molecule has 0 N–H and O–H groups in total. The second kappa shape index (κ2) is 7.85. The van der Waals surface area contributed by atoms with E-state index >= 15 is 0 Å². The van der Waals surface area contributed by atoms with E-state index in [1.54, 1.807) is 12.3 Å². The molecule has 0 radical (unpaired) electrons. The number of nitrogens with zero attached hydrogens (tertiary/aromatic N) is 4. The van der Waals surface area contributed by atoms with Crippen LogP contribution in [0.3, 0.4) is 0 Å². The molecule has 148 valence electrons. The van der Waals surface area contributed by atoms with Crippen molar-refractivity contribution in [3.63, 3.8) is 0 Å². The monoisotopic (exact) mass is 382 g/mol. The van der Waals surface area contributed by atoms with Crippen molar-refractivity contribution in [2.45, 2.75) is 32.5 Å². The average Bonchev–Trinajstić information content (AvgIpc) is 3.17. The van der Waals surface area contributed by atoms with Gasteiger partial charge in [0.05, 0.1) is 13.2 Å². The van der Waals surface area contributed by atoms with Gasteiger partial charge in [-0.25, -0.2) is 9.97 Å². The number of ether oxygens (including phenoxy) is 2. The molecule has 28 heavy (non-hydrogen) atoms. The summed E-state index contributed by atoms with van der Waals surface area (Å²) >= 11 is 0. The first-order valence-corrected chi connectivity index (χ1v) is 9.85. The highest BCUT2D eigenvalue weighted by Gasteiger charge is 2.41. The number of hydrogen-bond acceptors (Lipinski definition) is 6. The van der Waals surface area contributed by atoms with E-state index < -0.39 is 5.79 Å². The first kappa shape index (κ1) is 18.8. The first-order chi connectivity index (χ1) is 13.6. The Bertz CT molecular complexity index is 841. The summed E-state index contributed by atoms with van der Waals surface area (Å²) in [6, 6.07) is 9.87. The fourth-order valence-corrected chi connectivity index (χ4v) is 3.83. The summed E-state index contributed by atoms with van der Waals surface area (Å²) in [6.07, 6.45) is 3.05. The van der Waals surface area contributed by atoms with Gasteiger partial charge in [-0.2, -0.15) is 0 Å². The molecule has 2 aliphatic rings.